The molecule has 0 aliphatic rings. The summed E-state index contributed by atoms with van der Waals surface area (Å²) in [7, 11) is 0. The molecule has 0 saturated heterocycles. The number of fused-ring (bicyclic) bond motifs is 1. The molecule has 0 saturated carbocycles. The highest BCUT2D eigenvalue weighted by atomic mass is 19.1. The van der Waals surface area contributed by atoms with Gasteiger partial charge in [0.2, 0.25) is 5.95 Å². The Morgan fingerprint density at radius 2 is 2.44 bits per heavy atom. The van der Waals surface area contributed by atoms with Crippen LogP contribution in [0.4, 0.5) is 4.39 Å². The number of carboxylic acids is 1. The van der Waals surface area contributed by atoms with Crippen molar-refractivity contribution in [2.24, 2.45) is 0 Å². The minimum Gasteiger partial charge on any atom is -0.481 e. The van der Waals surface area contributed by atoms with E-state index in [9.17, 15) is 9.18 Å². The maximum Gasteiger partial charge on any atom is 0.303 e. The predicted octanol–water partition coefficient (Wildman–Crippen LogP) is 2.28. The highest BCUT2D eigenvalue weighted by Crippen LogP contribution is 2.27. The summed E-state index contributed by atoms with van der Waals surface area (Å²) in [6.07, 6.45) is 3.04. The summed E-state index contributed by atoms with van der Waals surface area (Å²) >= 11 is 0. The smallest absolute Gasteiger partial charge is 0.303 e. The Kier molecular flexibility index (Phi) is 2.60. The number of hydrogen-bond donors (Lipinski definition) is 2. The van der Waals surface area contributed by atoms with Gasteiger partial charge in [0, 0.05) is 17.8 Å². The third kappa shape index (κ3) is 1.76. The molecule has 4 nitrogen and oxygen atoms in total. The molecule has 0 aromatic carbocycles. The number of aliphatic carboxylic acids is 1. The van der Waals surface area contributed by atoms with E-state index in [0.717, 1.165) is 5.56 Å². The molecule has 1 unspecified atom stereocenters. The van der Waals surface area contributed by atoms with Crippen LogP contribution in [0.3, 0.4) is 0 Å². The van der Waals surface area contributed by atoms with Crippen molar-refractivity contribution in [3.63, 3.8) is 0 Å². The molecule has 2 aromatic heterocycles. The zero-order chi connectivity index (χ0) is 11.7. The van der Waals surface area contributed by atoms with E-state index in [4.69, 9.17) is 5.11 Å². The van der Waals surface area contributed by atoms with Gasteiger partial charge in [-0.15, -0.1) is 0 Å². The van der Waals surface area contributed by atoms with E-state index in [1.807, 2.05) is 0 Å². The first-order valence-corrected chi connectivity index (χ1v) is 4.93. The summed E-state index contributed by atoms with van der Waals surface area (Å²) in [6, 6.07) is 1.68. The van der Waals surface area contributed by atoms with Crippen molar-refractivity contribution in [1.29, 1.82) is 0 Å². The third-order valence-electron chi connectivity index (χ3n) is 2.60. The van der Waals surface area contributed by atoms with Gasteiger partial charge in [0.15, 0.2) is 0 Å². The number of H-pyrrole nitrogens is 1. The zero-order valence-electron chi connectivity index (χ0n) is 8.70. The Morgan fingerprint density at radius 1 is 1.69 bits per heavy atom. The van der Waals surface area contributed by atoms with E-state index >= 15 is 0 Å². The van der Waals surface area contributed by atoms with E-state index in [1.54, 1.807) is 19.2 Å². The molecular weight excluding hydrogens is 211 g/mol. The Hall–Kier alpha value is -1.91. The van der Waals surface area contributed by atoms with Crippen LogP contribution in [0.1, 0.15) is 24.8 Å². The normalized spacial score (nSPS) is 12.9. The molecule has 0 aliphatic carbocycles. The number of nitrogens with one attached hydrogen (secondary N) is 1. The second-order valence-electron chi connectivity index (χ2n) is 3.77. The van der Waals surface area contributed by atoms with Gasteiger partial charge in [-0.05, 0) is 17.5 Å². The Bertz CT molecular complexity index is 536. The molecule has 2 N–H and O–H groups in total. The topological polar surface area (TPSA) is 66.0 Å². The van der Waals surface area contributed by atoms with Crippen molar-refractivity contribution < 1.29 is 14.3 Å². The quantitative estimate of drug-likeness (QED) is 0.783. The van der Waals surface area contributed by atoms with Crippen molar-refractivity contribution in [2.45, 2.75) is 19.3 Å². The van der Waals surface area contributed by atoms with E-state index < -0.39 is 11.9 Å². The van der Waals surface area contributed by atoms with Crippen molar-refractivity contribution in [3.8, 4) is 0 Å². The number of aromatic nitrogens is 2. The molecule has 0 radical (unpaired) electrons. The molecule has 84 valence electrons. The first-order valence-electron chi connectivity index (χ1n) is 4.93. The van der Waals surface area contributed by atoms with Crippen LogP contribution in [0, 0.1) is 5.95 Å². The molecule has 16 heavy (non-hydrogen) atoms. The second kappa shape index (κ2) is 3.92. The monoisotopic (exact) mass is 222 g/mol. The number of pyridine rings is 1. The summed E-state index contributed by atoms with van der Waals surface area (Å²) in [4.78, 5) is 16.9. The van der Waals surface area contributed by atoms with Crippen LogP contribution in [0.2, 0.25) is 0 Å². The SMILES string of the molecule is CC(CC(=O)O)c1c[nH]c2c(F)nccc12. The molecule has 2 aromatic rings. The van der Waals surface area contributed by atoms with E-state index in [0.29, 0.717) is 10.9 Å². The van der Waals surface area contributed by atoms with Gasteiger partial charge in [-0.1, -0.05) is 6.92 Å². The summed E-state index contributed by atoms with van der Waals surface area (Å²) in [5.74, 6) is -1.59. The molecule has 5 heteroatoms. The van der Waals surface area contributed by atoms with Gasteiger partial charge in [-0.25, -0.2) is 4.98 Å². The number of aromatic amines is 1. The molecule has 0 spiro atoms. The Morgan fingerprint density at radius 3 is 3.12 bits per heavy atom. The van der Waals surface area contributed by atoms with Crippen LogP contribution in [0.15, 0.2) is 18.5 Å². The third-order valence-corrected chi connectivity index (χ3v) is 2.60. The lowest BCUT2D eigenvalue weighted by molar-refractivity contribution is -0.137. The molecule has 1 atom stereocenters. The van der Waals surface area contributed by atoms with Gasteiger partial charge in [-0.3, -0.25) is 4.79 Å². The zero-order valence-corrected chi connectivity index (χ0v) is 8.70. The molecule has 2 heterocycles. The Labute approximate surface area is 91.1 Å². The number of rotatable bonds is 3. The lowest BCUT2D eigenvalue weighted by atomic mass is 9.98. The first-order chi connectivity index (χ1) is 7.59. The molecule has 0 aliphatic heterocycles. The van der Waals surface area contributed by atoms with Gasteiger partial charge in [0.1, 0.15) is 5.52 Å². The average Bonchev–Trinajstić information content (AvgIpc) is 2.61. The van der Waals surface area contributed by atoms with Crippen LogP contribution in [-0.4, -0.2) is 21.0 Å². The predicted molar refractivity (Wildman–Crippen MR) is 56.7 cm³/mol. The second-order valence-corrected chi connectivity index (χ2v) is 3.77. The number of nitrogens with zero attached hydrogens (tertiary/aromatic N) is 1. The number of halogens is 1. The molecule has 0 fully saturated rings. The van der Waals surface area contributed by atoms with Crippen molar-refractivity contribution in [1.82, 2.24) is 9.97 Å². The van der Waals surface area contributed by atoms with Gasteiger partial charge < -0.3 is 10.1 Å². The lowest BCUT2D eigenvalue weighted by Gasteiger charge is -2.06. The minimum absolute atomic E-state index is 0.0247. The van der Waals surface area contributed by atoms with E-state index in [1.165, 1.54) is 6.20 Å². The fourth-order valence-electron chi connectivity index (χ4n) is 1.82. The number of hydrogen-bond acceptors (Lipinski definition) is 2. The van der Waals surface area contributed by atoms with Crippen LogP contribution >= 0.6 is 0 Å². The summed E-state index contributed by atoms with van der Waals surface area (Å²) < 4.78 is 13.3. The molecule has 2 rings (SSSR count). The highest BCUT2D eigenvalue weighted by molar-refractivity contribution is 5.84. The van der Waals surface area contributed by atoms with Crippen molar-refractivity contribution >= 4 is 16.9 Å². The van der Waals surface area contributed by atoms with Gasteiger partial charge in [-0.2, -0.15) is 4.39 Å². The minimum atomic E-state index is -0.864. The molecule has 0 bridgehead atoms. The van der Waals surface area contributed by atoms with Crippen LogP contribution in [0.5, 0.6) is 0 Å². The Balaban J connectivity index is 2.46. The van der Waals surface area contributed by atoms with Crippen LogP contribution in [0.25, 0.3) is 10.9 Å². The van der Waals surface area contributed by atoms with Crippen LogP contribution < -0.4 is 0 Å². The summed E-state index contributed by atoms with van der Waals surface area (Å²) in [5.41, 5.74) is 1.13. The maximum absolute atomic E-state index is 13.3. The van der Waals surface area contributed by atoms with E-state index in [-0.39, 0.29) is 12.3 Å². The summed E-state index contributed by atoms with van der Waals surface area (Å²) in [6.45, 7) is 1.80. The van der Waals surface area contributed by atoms with Crippen LogP contribution in [-0.2, 0) is 4.79 Å². The highest BCUT2D eigenvalue weighted by Gasteiger charge is 2.16. The van der Waals surface area contributed by atoms with Gasteiger partial charge in [0.05, 0.1) is 6.42 Å². The van der Waals surface area contributed by atoms with Gasteiger partial charge in [0.25, 0.3) is 0 Å². The van der Waals surface area contributed by atoms with Crippen molar-refractivity contribution in [3.05, 3.63) is 30.0 Å². The summed E-state index contributed by atoms with van der Waals surface area (Å²) in [5, 5.41) is 9.41. The number of carbonyl (C=O) groups is 1. The fraction of sp³-hybridized carbons (Fsp3) is 0.273. The lowest BCUT2D eigenvalue weighted by Crippen LogP contribution is -2.02. The first kappa shape index (κ1) is 10.6. The largest absolute Gasteiger partial charge is 0.481 e. The number of carboxylic acid groups (broad SMARTS) is 1. The fourth-order valence-corrected chi connectivity index (χ4v) is 1.82. The van der Waals surface area contributed by atoms with Gasteiger partial charge >= 0.3 is 5.97 Å². The standard InChI is InChI=1S/C11H11FN2O2/c1-6(4-9(15)16)8-5-14-10-7(8)2-3-13-11(10)12/h2-3,5-6,14H,4H2,1H3,(H,15,16). The molecule has 0 amide bonds. The average molecular weight is 222 g/mol. The molecular formula is C11H11FN2O2. The van der Waals surface area contributed by atoms with Crippen molar-refractivity contribution in [2.75, 3.05) is 0 Å². The maximum atomic E-state index is 13.3. The van der Waals surface area contributed by atoms with E-state index in [2.05, 4.69) is 9.97 Å².